The van der Waals surface area contributed by atoms with Crippen LogP contribution in [0.5, 0.6) is 11.5 Å². The normalized spacial score (nSPS) is 18.5. The summed E-state index contributed by atoms with van der Waals surface area (Å²) in [7, 11) is 3.24. The maximum absolute atomic E-state index is 12.3. The third-order valence-corrected chi connectivity index (χ3v) is 4.02. The molecule has 1 amide bonds. The molecule has 1 heterocycles. The minimum atomic E-state index is 0.0132. The van der Waals surface area contributed by atoms with Crippen LogP contribution in [0.25, 0.3) is 0 Å². The number of nitrogens with zero attached hydrogens (tertiary/aromatic N) is 1. The zero-order chi connectivity index (χ0) is 15.2. The lowest BCUT2D eigenvalue weighted by Gasteiger charge is -2.22. The molecule has 0 unspecified atom stereocenters. The van der Waals surface area contributed by atoms with Crippen molar-refractivity contribution in [1.29, 1.82) is 0 Å². The van der Waals surface area contributed by atoms with Gasteiger partial charge in [0.25, 0.3) is 0 Å². The smallest absolute Gasteiger partial charge is 0.237 e. The van der Waals surface area contributed by atoms with Crippen LogP contribution in [0.15, 0.2) is 18.2 Å². The minimum Gasteiger partial charge on any atom is -0.497 e. The molecule has 1 N–H and O–H groups in total. The van der Waals surface area contributed by atoms with E-state index < -0.39 is 0 Å². The zero-order valence-electron chi connectivity index (χ0n) is 13.0. The second kappa shape index (κ2) is 7.31. The van der Waals surface area contributed by atoms with Gasteiger partial charge in [-0.1, -0.05) is 6.92 Å². The first-order valence-electron chi connectivity index (χ1n) is 7.42. The maximum Gasteiger partial charge on any atom is 0.237 e. The van der Waals surface area contributed by atoms with Crippen molar-refractivity contribution in [3.63, 3.8) is 0 Å². The van der Waals surface area contributed by atoms with Crippen LogP contribution in [0.2, 0.25) is 0 Å². The fourth-order valence-corrected chi connectivity index (χ4v) is 2.80. The Bertz CT molecular complexity index is 490. The van der Waals surface area contributed by atoms with E-state index in [4.69, 9.17) is 9.47 Å². The predicted octanol–water partition coefficient (Wildman–Crippen LogP) is 1.80. The molecule has 0 saturated carbocycles. The average molecular weight is 292 g/mol. The molecule has 1 aliphatic rings. The standard InChI is InChI=1S/C16H24N2O3/c1-4-18-9-5-6-14(18)16(19)17-11-12-7-8-13(20-2)10-15(12)21-3/h7-8,10,14H,4-6,9,11H2,1-3H3,(H,17,19)/t14-/m0/s1. The zero-order valence-corrected chi connectivity index (χ0v) is 13.0. The predicted molar refractivity (Wildman–Crippen MR) is 81.7 cm³/mol. The van der Waals surface area contributed by atoms with E-state index in [0.29, 0.717) is 6.54 Å². The number of methoxy groups -OCH3 is 2. The molecule has 5 nitrogen and oxygen atoms in total. The summed E-state index contributed by atoms with van der Waals surface area (Å²) in [6.45, 7) is 4.50. The summed E-state index contributed by atoms with van der Waals surface area (Å²) >= 11 is 0. The Morgan fingerprint density at radius 2 is 2.19 bits per heavy atom. The van der Waals surface area contributed by atoms with Gasteiger partial charge in [0.05, 0.1) is 20.3 Å². The van der Waals surface area contributed by atoms with Gasteiger partial charge in [-0.05, 0) is 38.1 Å². The number of benzene rings is 1. The Balaban J connectivity index is 1.97. The van der Waals surface area contributed by atoms with Gasteiger partial charge in [0.2, 0.25) is 5.91 Å². The fraction of sp³-hybridized carbons (Fsp3) is 0.562. The summed E-state index contributed by atoms with van der Waals surface area (Å²) < 4.78 is 10.5. The van der Waals surface area contributed by atoms with Gasteiger partial charge in [0, 0.05) is 18.2 Å². The number of carbonyl (C=O) groups is 1. The Kier molecular flexibility index (Phi) is 5.44. The van der Waals surface area contributed by atoms with E-state index in [2.05, 4.69) is 17.1 Å². The van der Waals surface area contributed by atoms with Crippen LogP contribution in [0.3, 0.4) is 0 Å². The summed E-state index contributed by atoms with van der Waals surface area (Å²) in [4.78, 5) is 14.5. The molecule has 0 aliphatic carbocycles. The summed E-state index contributed by atoms with van der Waals surface area (Å²) in [5, 5.41) is 3.02. The van der Waals surface area contributed by atoms with Crippen molar-refractivity contribution in [1.82, 2.24) is 10.2 Å². The molecule has 1 atom stereocenters. The van der Waals surface area contributed by atoms with Crippen LogP contribution in [0.1, 0.15) is 25.3 Å². The molecule has 5 heteroatoms. The number of likely N-dealkylation sites (tertiary alicyclic amines) is 1. The van der Waals surface area contributed by atoms with Crippen LogP contribution < -0.4 is 14.8 Å². The third kappa shape index (κ3) is 3.67. The minimum absolute atomic E-state index is 0.0132. The quantitative estimate of drug-likeness (QED) is 0.869. The highest BCUT2D eigenvalue weighted by Crippen LogP contribution is 2.24. The molecule has 2 rings (SSSR count). The number of carbonyl (C=O) groups excluding carboxylic acids is 1. The molecule has 1 aromatic carbocycles. The Hall–Kier alpha value is -1.75. The number of hydrogen-bond donors (Lipinski definition) is 1. The van der Waals surface area contributed by atoms with Crippen molar-refractivity contribution in [3.05, 3.63) is 23.8 Å². The SMILES string of the molecule is CCN1CCC[C@H]1C(=O)NCc1ccc(OC)cc1OC. The lowest BCUT2D eigenvalue weighted by Crippen LogP contribution is -2.42. The molecule has 0 bridgehead atoms. The van der Waals surface area contributed by atoms with Gasteiger partial charge in [-0.2, -0.15) is 0 Å². The molecule has 1 fully saturated rings. The van der Waals surface area contributed by atoms with Crippen LogP contribution in [0.4, 0.5) is 0 Å². The number of likely N-dealkylation sites (N-methyl/N-ethyl adjacent to an activating group) is 1. The van der Waals surface area contributed by atoms with E-state index in [0.717, 1.165) is 43.0 Å². The highest BCUT2D eigenvalue weighted by molar-refractivity contribution is 5.82. The van der Waals surface area contributed by atoms with E-state index in [9.17, 15) is 4.79 Å². The van der Waals surface area contributed by atoms with E-state index in [-0.39, 0.29) is 11.9 Å². The highest BCUT2D eigenvalue weighted by atomic mass is 16.5. The van der Waals surface area contributed by atoms with Crippen LogP contribution in [-0.4, -0.2) is 44.2 Å². The first-order valence-corrected chi connectivity index (χ1v) is 7.42. The van der Waals surface area contributed by atoms with E-state index in [1.807, 2.05) is 18.2 Å². The molecule has 1 saturated heterocycles. The van der Waals surface area contributed by atoms with Crippen molar-refractivity contribution in [2.24, 2.45) is 0 Å². The Morgan fingerprint density at radius 1 is 1.38 bits per heavy atom. The second-order valence-corrected chi connectivity index (χ2v) is 5.18. The monoisotopic (exact) mass is 292 g/mol. The first-order chi connectivity index (χ1) is 10.2. The molecule has 1 aromatic rings. The third-order valence-electron chi connectivity index (χ3n) is 4.02. The van der Waals surface area contributed by atoms with Gasteiger partial charge >= 0.3 is 0 Å². The summed E-state index contributed by atoms with van der Waals surface area (Å²) in [5.41, 5.74) is 0.952. The van der Waals surface area contributed by atoms with Gasteiger partial charge in [0.15, 0.2) is 0 Å². The van der Waals surface area contributed by atoms with Crippen molar-refractivity contribution >= 4 is 5.91 Å². The van der Waals surface area contributed by atoms with Gasteiger partial charge < -0.3 is 14.8 Å². The molecular formula is C16H24N2O3. The lowest BCUT2D eigenvalue weighted by molar-refractivity contribution is -0.125. The number of amides is 1. The second-order valence-electron chi connectivity index (χ2n) is 5.18. The van der Waals surface area contributed by atoms with Crippen molar-refractivity contribution in [2.75, 3.05) is 27.3 Å². The summed E-state index contributed by atoms with van der Waals surface area (Å²) in [6, 6.07) is 5.64. The van der Waals surface area contributed by atoms with Gasteiger partial charge in [-0.3, -0.25) is 9.69 Å². The molecule has 0 spiro atoms. The number of hydrogen-bond acceptors (Lipinski definition) is 4. The van der Waals surface area contributed by atoms with E-state index in [1.165, 1.54) is 0 Å². The van der Waals surface area contributed by atoms with Crippen molar-refractivity contribution < 1.29 is 14.3 Å². The molecule has 0 aromatic heterocycles. The number of nitrogens with one attached hydrogen (secondary N) is 1. The van der Waals surface area contributed by atoms with Crippen LogP contribution in [-0.2, 0) is 11.3 Å². The van der Waals surface area contributed by atoms with Crippen molar-refractivity contribution in [2.45, 2.75) is 32.4 Å². The van der Waals surface area contributed by atoms with Crippen LogP contribution in [0, 0.1) is 0 Å². The number of ether oxygens (including phenoxy) is 2. The first kappa shape index (κ1) is 15.6. The van der Waals surface area contributed by atoms with Gasteiger partial charge in [0.1, 0.15) is 11.5 Å². The molecular weight excluding hydrogens is 268 g/mol. The van der Waals surface area contributed by atoms with Crippen LogP contribution >= 0.6 is 0 Å². The largest absolute Gasteiger partial charge is 0.497 e. The maximum atomic E-state index is 12.3. The van der Waals surface area contributed by atoms with E-state index >= 15 is 0 Å². The lowest BCUT2D eigenvalue weighted by atomic mass is 10.1. The topological polar surface area (TPSA) is 50.8 Å². The molecule has 1 aliphatic heterocycles. The Labute approximate surface area is 126 Å². The molecule has 0 radical (unpaired) electrons. The highest BCUT2D eigenvalue weighted by Gasteiger charge is 2.29. The van der Waals surface area contributed by atoms with Gasteiger partial charge in [-0.25, -0.2) is 0 Å². The number of rotatable bonds is 6. The fourth-order valence-electron chi connectivity index (χ4n) is 2.80. The van der Waals surface area contributed by atoms with Gasteiger partial charge in [-0.15, -0.1) is 0 Å². The molecule has 116 valence electrons. The molecule has 21 heavy (non-hydrogen) atoms. The average Bonchev–Trinajstić information content (AvgIpc) is 3.01. The van der Waals surface area contributed by atoms with E-state index in [1.54, 1.807) is 14.2 Å². The Morgan fingerprint density at radius 3 is 2.86 bits per heavy atom. The summed E-state index contributed by atoms with van der Waals surface area (Å²) in [6.07, 6.45) is 2.04. The van der Waals surface area contributed by atoms with Crippen molar-refractivity contribution in [3.8, 4) is 11.5 Å². The summed E-state index contributed by atoms with van der Waals surface area (Å²) in [5.74, 6) is 1.58.